The van der Waals surface area contributed by atoms with E-state index in [0.29, 0.717) is 22.6 Å². The fraction of sp³-hybridized carbons (Fsp3) is 0.304. The van der Waals surface area contributed by atoms with Crippen LogP contribution in [0.5, 0.6) is 0 Å². The molecule has 0 aliphatic heterocycles. The van der Waals surface area contributed by atoms with Gasteiger partial charge in [-0.3, -0.25) is 0 Å². The van der Waals surface area contributed by atoms with Crippen LogP contribution in [0.15, 0.2) is 53.1 Å². The van der Waals surface area contributed by atoms with E-state index in [1.165, 1.54) is 23.3 Å². The van der Waals surface area contributed by atoms with Crippen LogP contribution in [-0.2, 0) is 6.42 Å². The van der Waals surface area contributed by atoms with E-state index in [1.807, 2.05) is 20.8 Å². The minimum Gasteiger partial charge on any atom is -0.206 e. The molecule has 0 N–H and O–H groups in total. The molecule has 3 heteroatoms. The molecular weight excluding hydrogens is 350 g/mol. The summed E-state index contributed by atoms with van der Waals surface area (Å²) in [5.41, 5.74) is 4.52. The van der Waals surface area contributed by atoms with Gasteiger partial charge in [-0.1, -0.05) is 65.6 Å². The van der Waals surface area contributed by atoms with Crippen LogP contribution in [0.1, 0.15) is 49.9 Å². The Kier molecular flexibility index (Phi) is 8.74. The Morgan fingerprint density at radius 1 is 0.923 bits per heavy atom. The van der Waals surface area contributed by atoms with Crippen molar-refractivity contribution in [2.24, 2.45) is 0 Å². The summed E-state index contributed by atoms with van der Waals surface area (Å²) in [6, 6.07) is 11.2. The minimum atomic E-state index is -0.581. The highest BCUT2D eigenvalue weighted by molar-refractivity contribution is 6.34. The number of hydrogen-bond donors (Lipinski definition) is 0. The lowest BCUT2D eigenvalue weighted by Crippen LogP contribution is -1.99. The third kappa shape index (κ3) is 6.42. The molecule has 0 atom stereocenters. The number of halogens is 3. The Labute approximate surface area is 161 Å². The zero-order valence-corrected chi connectivity index (χ0v) is 17.1. The fourth-order valence-electron chi connectivity index (χ4n) is 2.33. The molecule has 0 nitrogen and oxygen atoms in total. The van der Waals surface area contributed by atoms with Crippen molar-refractivity contribution in [3.8, 4) is 0 Å². The van der Waals surface area contributed by atoms with E-state index < -0.39 is 11.6 Å². The molecule has 0 bridgehead atoms. The summed E-state index contributed by atoms with van der Waals surface area (Å²) in [6.45, 7) is 11.4. The number of benzene rings is 2. The second-order valence-electron chi connectivity index (χ2n) is 6.60. The van der Waals surface area contributed by atoms with E-state index >= 15 is 0 Å². The largest absolute Gasteiger partial charge is 0.206 e. The third-order valence-electron chi connectivity index (χ3n) is 3.92. The predicted octanol–water partition coefficient (Wildman–Crippen LogP) is 7.77. The maximum atomic E-state index is 14.1. The van der Waals surface area contributed by atoms with Crippen LogP contribution in [-0.4, -0.2) is 0 Å². The van der Waals surface area contributed by atoms with Crippen LogP contribution in [0.25, 0.3) is 5.57 Å². The zero-order chi connectivity index (χ0) is 19.9. The van der Waals surface area contributed by atoms with Crippen molar-refractivity contribution in [3.05, 3.63) is 87.0 Å². The molecule has 0 heterocycles. The van der Waals surface area contributed by atoms with Gasteiger partial charge in [0.1, 0.15) is 11.6 Å². The molecular formula is C23H27ClF2. The molecule has 0 amide bonds. The number of aryl methyl sites for hydroxylation is 3. The first-order valence-electron chi connectivity index (χ1n) is 8.69. The maximum absolute atomic E-state index is 14.1. The normalized spacial score (nSPS) is 11.3. The van der Waals surface area contributed by atoms with Crippen LogP contribution in [0.3, 0.4) is 0 Å². The Balaban J connectivity index is 0.000000350. The van der Waals surface area contributed by atoms with Gasteiger partial charge in [-0.2, -0.15) is 0 Å². The first-order valence-corrected chi connectivity index (χ1v) is 9.06. The number of rotatable bonds is 3. The molecule has 0 saturated carbocycles. The topological polar surface area (TPSA) is 0 Å². The van der Waals surface area contributed by atoms with Crippen LogP contribution >= 0.6 is 11.6 Å². The highest BCUT2D eigenvalue weighted by Gasteiger charge is 2.15. The standard InChI is InChI=1S/C15H17ClF2.C8H10/c1-5-11-6-7-13(17)14(15(11)18)10(4)12(16)8-9(2)3;1-7-3-5-8(2)6-4-7/h6-8H,5H2,1-4H3;3-6H,1-2H3/b12-10-;. The lowest BCUT2D eigenvalue weighted by molar-refractivity contribution is 0.567. The van der Waals surface area contributed by atoms with Crippen molar-refractivity contribution >= 4 is 17.2 Å². The molecule has 0 spiro atoms. The average Bonchev–Trinajstić information content (AvgIpc) is 2.57. The lowest BCUT2D eigenvalue weighted by atomic mass is 10.0. The number of hydrogen-bond acceptors (Lipinski definition) is 0. The van der Waals surface area contributed by atoms with E-state index in [4.69, 9.17) is 11.6 Å². The molecule has 0 aliphatic rings. The van der Waals surface area contributed by atoms with Crippen LogP contribution < -0.4 is 0 Å². The summed E-state index contributed by atoms with van der Waals surface area (Å²) in [7, 11) is 0. The molecule has 26 heavy (non-hydrogen) atoms. The van der Waals surface area contributed by atoms with Crippen molar-refractivity contribution in [1.29, 1.82) is 0 Å². The summed E-state index contributed by atoms with van der Waals surface area (Å²) in [6.07, 6.45) is 2.22. The van der Waals surface area contributed by atoms with E-state index in [1.54, 1.807) is 13.0 Å². The molecule has 0 unspecified atom stereocenters. The molecule has 0 fully saturated rings. The van der Waals surface area contributed by atoms with Crippen molar-refractivity contribution in [2.75, 3.05) is 0 Å². The SMILES string of the molecule is CCc1ccc(F)c(/C(C)=C(\Cl)C=C(C)C)c1F.Cc1ccc(C)cc1. The second-order valence-corrected chi connectivity index (χ2v) is 7.01. The van der Waals surface area contributed by atoms with Gasteiger partial charge in [0.2, 0.25) is 0 Å². The Morgan fingerprint density at radius 3 is 1.85 bits per heavy atom. The summed E-state index contributed by atoms with van der Waals surface area (Å²) in [4.78, 5) is 0. The van der Waals surface area contributed by atoms with Gasteiger partial charge in [-0.25, -0.2) is 8.78 Å². The van der Waals surface area contributed by atoms with Gasteiger partial charge >= 0.3 is 0 Å². The zero-order valence-electron chi connectivity index (χ0n) is 16.4. The van der Waals surface area contributed by atoms with Crippen LogP contribution in [0.2, 0.25) is 0 Å². The summed E-state index contributed by atoms with van der Waals surface area (Å²) in [5.74, 6) is -1.10. The van der Waals surface area contributed by atoms with Gasteiger partial charge in [0.05, 0.1) is 5.56 Å². The van der Waals surface area contributed by atoms with Gasteiger partial charge in [0.15, 0.2) is 0 Å². The first kappa shape index (κ1) is 22.1. The quantitative estimate of drug-likeness (QED) is 0.480. The fourth-order valence-corrected chi connectivity index (χ4v) is 2.64. The van der Waals surface area contributed by atoms with Crippen molar-refractivity contribution in [2.45, 2.75) is 48.0 Å². The van der Waals surface area contributed by atoms with E-state index in [-0.39, 0.29) is 5.56 Å². The molecule has 2 aromatic rings. The van der Waals surface area contributed by atoms with Crippen LogP contribution in [0, 0.1) is 25.5 Å². The van der Waals surface area contributed by atoms with Crippen molar-refractivity contribution < 1.29 is 8.78 Å². The van der Waals surface area contributed by atoms with Gasteiger partial charge < -0.3 is 0 Å². The van der Waals surface area contributed by atoms with Crippen molar-refractivity contribution in [1.82, 2.24) is 0 Å². The lowest BCUT2D eigenvalue weighted by Gasteiger charge is -2.10. The highest BCUT2D eigenvalue weighted by Crippen LogP contribution is 2.29. The smallest absolute Gasteiger partial charge is 0.136 e. The second kappa shape index (κ2) is 10.3. The van der Waals surface area contributed by atoms with Gasteiger partial charge in [-0.05, 0) is 64.3 Å². The summed E-state index contributed by atoms with van der Waals surface area (Å²) < 4.78 is 27.9. The highest BCUT2D eigenvalue weighted by atomic mass is 35.5. The summed E-state index contributed by atoms with van der Waals surface area (Å²) >= 11 is 6.07. The summed E-state index contributed by atoms with van der Waals surface area (Å²) in [5, 5.41) is 0.362. The van der Waals surface area contributed by atoms with E-state index in [2.05, 4.69) is 38.1 Å². The third-order valence-corrected chi connectivity index (χ3v) is 4.31. The molecule has 2 rings (SSSR count). The Morgan fingerprint density at radius 2 is 1.42 bits per heavy atom. The maximum Gasteiger partial charge on any atom is 0.136 e. The van der Waals surface area contributed by atoms with E-state index in [9.17, 15) is 8.78 Å². The molecule has 0 aromatic heterocycles. The van der Waals surface area contributed by atoms with E-state index in [0.717, 1.165) is 5.57 Å². The minimum absolute atomic E-state index is 0.0307. The average molecular weight is 377 g/mol. The predicted molar refractivity (Wildman–Crippen MR) is 110 cm³/mol. The number of allylic oxidation sites excluding steroid dienone is 4. The first-order chi connectivity index (χ1) is 12.2. The van der Waals surface area contributed by atoms with Gasteiger partial charge in [0, 0.05) is 5.03 Å². The van der Waals surface area contributed by atoms with Crippen LogP contribution in [0.4, 0.5) is 8.78 Å². The Bertz CT molecular complexity index is 775. The molecule has 0 aliphatic carbocycles. The van der Waals surface area contributed by atoms with Gasteiger partial charge in [0.25, 0.3) is 0 Å². The van der Waals surface area contributed by atoms with Crippen molar-refractivity contribution in [3.63, 3.8) is 0 Å². The molecule has 2 aromatic carbocycles. The molecule has 0 radical (unpaired) electrons. The molecule has 140 valence electrons. The molecule has 0 saturated heterocycles. The monoisotopic (exact) mass is 376 g/mol. The van der Waals surface area contributed by atoms with Gasteiger partial charge in [-0.15, -0.1) is 0 Å². The Hall–Kier alpha value is -1.93.